The third-order valence-corrected chi connectivity index (χ3v) is 5.30. The number of thiazole rings is 1. The molecule has 2 amide bonds. The second-order valence-electron chi connectivity index (χ2n) is 6.01. The van der Waals surface area contributed by atoms with Crippen LogP contribution in [0.4, 0.5) is 9.93 Å². The lowest BCUT2D eigenvalue weighted by atomic mass is 10.2. The van der Waals surface area contributed by atoms with Crippen LogP contribution in [0.25, 0.3) is 0 Å². The van der Waals surface area contributed by atoms with Gasteiger partial charge in [-0.05, 0) is 12.8 Å². The van der Waals surface area contributed by atoms with Crippen molar-refractivity contribution in [3.8, 4) is 0 Å². The third-order valence-electron chi connectivity index (χ3n) is 4.30. The van der Waals surface area contributed by atoms with Crippen LogP contribution in [0.1, 0.15) is 36.3 Å². The summed E-state index contributed by atoms with van der Waals surface area (Å²) in [5.41, 5.74) is 1.02. The van der Waals surface area contributed by atoms with Gasteiger partial charge in [0.2, 0.25) is 0 Å². The Kier molecular flexibility index (Phi) is 5.12. The Morgan fingerprint density at radius 2 is 2.17 bits per heavy atom. The molecular weight excluding hydrogens is 316 g/mol. The van der Waals surface area contributed by atoms with Gasteiger partial charge < -0.3 is 10.1 Å². The summed E-state index contributed by atoms with van der Waals surface area (Å²) in [6.45, 7) is 1.74. The van der Waals surface area contributed by atoms with E-state index in [9.17, 15) is 9.59 Å². The Labute approximate surface area is 139 Å². The molecule has 0 spiro atoms. The first-order valence-corrected chi connectivity index (χ1v) is 8.81. The average molecular weight is 338 g/mol. The van der Waals surface area contributed by atoms with E-state index in [2.05, 4.69) is 15.6 Å². The minimum Gasteiger partial charge on any atom is -0.468 e. The van der Waals surface area contributed by atoms with Gasteiger partial charge in [0.25, 0.3) is 0 Å². The Morgan fingerprint density at radius 3 is 2.91 bits per heavy atom. The zero-order chi connectivity index (χ0) is 16.2. The zero-order valence-corrected chi connectivity index (χ0v) is 14.1. The van der Waals surface area contributed by atoms with Crippen molar-refractivity contribution >= 4 is 28.5 Å². The maximum atomic E-state index is 12.0. The number of nitrogens with zero attached hydrogens (tertiary/aromatic N) is 2. The number of carbonyl (C=O) groups excluding carboxylic acids is 2. The smallest absolute Gasteiger partial charge is 0.321 e. The van der Waals surface area contributed by atoms with Crippen molar-refractivity contribution in [1.29, 1.82) is 0 Å². The Bertz CT molecular complexity index is 583. The van der Waals surface area contributed by atoms with Crippen LogP contribution in [-0.4, -0.2) is 48.1 Å². The lowest BCUT2D eigenvalue weighted by Crippen LogP contribution is -2.36. The molecule has 0 radical (unpaired) electrons. The first-order chi connectivity index (χ1) is 11.1. The number of methoxy groups -OCH3 is 1. The number of fused-ring (bicyclic) bond motifs is 1. The van der Waals surface area contributed by atoms with Gasteiger partial charge in [0.15, 0.2) is 5.13 Å². The summed E-state index contributed by atoms with van der Waals surface area (Å²) in [5.74, 6) is -0.229. The van der Waals surface area contributed by atoms with Crippen LogP contribution < -0.4 is 10.6 Å². The molecule has 1 aliphatic carbocycles. The van der Waals surface area contributed by atoms with E-state index in [0.717, 1.165) is 36.4 Å². The van der Waals surface area contributed by atoms with E-state index in [1.54, 1.807) is 0 Å². The number of rotatable bonds is 4. The van der Waals surface area contributed by atoms with Crippen LogP contribution >= 0.6 is 11.3 Å². The maximum absolute atomic E-state index is 12.0. The molecule has 7 nitrogen and oxygen atoms in total. The summed E-state index contributed by atoms with van der Waals surface area (Å²) in [6.07, 6.45) is 5.28. The normalized spacial score (nSPS) is 18.5. The molecule has 0 saturated heterocycles. The van der Waals surface area contributed by atoms with E-state index >= 15 is 0 Å². The molecule has 0 bridgehead atoms. The molecule has 126 valence electrons. The molecule has 0 unspecified atom stereocenters. The lowest BCUT2D eigenvalue weighted by Gasteiger charge is -2.24. The molecule has 2 aliphatic rings. The van der Waals surface area contributed by atoms with Gasteiger partial charge in [0.1, 0.15) is 0 Å². The highest BCUT2D eigenvalue weighted by Crippen LogP contribution is 2.28. The minimum atomic E-state index is -0.229. The second-order valence-corrected chi connectivity index (χ2v) is 7.09. The van der Waals surface area contributed by atoms with E-state index in [1.807, 2.05) is 4.90 Å². The van der Waals surface area contributed by atoms with E-state index in [4.69, 9.17) is 4.74 Å². The van der Waals surface area contributed by atoms with Crippen molar-refractivity contribution in [2.45, 2.75) is 44.7 Å². The fourth-order valence-corrected chi connectivity index (χ4v) is 4.12. The number of hydrogen-bond donors (Lipinski definition) is 2. The van der Waals surface area contributed by atoms with Crippen LogP contribution in [0, 0.1) is 0 Å². The quantitative estimate of drug-likeness (QED) is 0.817. The number of carbonyl (C=O) groups is 2. The molecule has 2 N–H and O–H groups in total. The van der Waals surface area contributed by atoms with E-state index < -0.39 is 0 Å². The number of aromatic nitrogens is 1. The lowest BCUT2D eigenvalue weighted by molar-refractivity contribution is -0.142. The summed E-state index contributed by atoms with van der Waals surface area (Å²) in [7, 11) is 1.40. The number of nitrogens with one attached hydrogen (secondary N) is 2. The molecule has 23 heavy (non-hydrogen) atoms. The van der Waals surface area contributed by atoms with Crippen LogP contribution in [0.2, 0.25) is 0 Å². The zero-order valence-electron chi connectivity index (χ0n) is 13.3. The molecule has 1 aliphatic heterocycles. The molecule has 2 heterocycles. The first kappa shape index (κ1) is 16.2. The van der Waals surface area contributed by atoms with Crippen molar-refractivity contribution < 1.29 is 14.3 Å². The molecule has 0 aromatic carbocycles. The monoisotopic (exact) mass is 338 g/mol. The van der Waals surface area contributed by atoms with Crippen LogP contribution in [0.5, 0.6) is 0 Å². The molecule has 1 saturated carbocycles. The topological polar surface area (TPSA) is 83.6 Å². The van der Waals surface area contributed by atoms with Gasteiger partial charge in [-0.3, -0.25) is 15.0 Å². The summed E-state index contributed by atoms with van der Waals surface area (Å²) >= 11 is 1.48. The molecule has 1 aromatic rings. The van der Waals surface area contributed by atoms with Crippen LogP contribution in [-0.2, 0) is 22.5 Å². The maximum Gasteiger partial charge on any atom is 0.321 e. The van der Waals surface area contributed by atoms with E-state index in [0.29, 0.717) is 24.3 Å². The van der Waals surface area contributed by atoms with Crippen molar-refractivity contribution in [2.75, 3.05) is 25.5 Å². The van der Waals surface area contributed by atoms with Gasteiger partial charge in [-0.2, -0.15) is 0 Å². The van der Waals surface area contributed by atoms with Gasteiger partial charge in [-0.1, -0.05) is 12.8 Å². The molecule has 1 aromatic heterocycles. The van der Waals surface area contributed by atoms with Gasteiger partial charge in [-0.15, -0.1) is 11.3 Å². The summed E-state index contributed by atoms with van der Waals surface area (Å²) < 4.78 is 4.70. The SMILES string of the molecule is COC(=O)CN1CCc2nc(NC(=O)NC3CCCC3)sc2C1. The predicted octanol–water partition coefficient (Wildman–Crippen LogP) is 1.74. The fourth-order valence-electron chi connectivity index (χ4n) is 3.07. The van der Waals surface area contributed by atoms with Crippen LogP contribution in [0.15, 0.2) is 0 Å². The molecule has 0 atom stereocenters. The number of ether oxygens (including phenoxy) is 1. The Balaban J connectivity index is 1.55. The summed E-state index contributed by atoms with van der Waals surface area (Å²) in [5, 5.41) is 6.47. The molecule has 3 rings (SSSR count). The van der Waals surface area contributed by atoms with Crippen LogP contribution in [0.3, 0.4) is 0 Å². The first-order valence-electron chi connectivity index (χ1n) is 7.99. The number of anilines is 1. The Morgan fingerprint density at radius 1 is 1.39 bits per heavy atom. The highest BCUT2D eigenvalue weighted by atomic mass is 32.1. The third kappa shape index (κ3) is 4.20. The van der Waals surface area contributed by atoms with Crippen molar-refractivity contribution in [1.82, 2.24) is 15.2 Å². The fraction of sp³-hybridized carbons (Fsp3) is 0.667. The Hall–Kier alpha value is -1.67. The number of urea groups is 1. The minimum absolute atomic E-state index is 0.172. The second kappa shape index (κ2) is 7.27. The van der Waals surface area contributed by atoms with Crippen molar-refractivity contribution in [3.05, 3.63) is 10.6 Å². The number of amides is 2. The van der Waals surface area contributed by atoms with Gasteiger partial charge in [0, 0.05) is 30.4 Å². The number of hydrogen-bond acceptors (Lipinski definition) is 6. The highest BCUT2D eigenvalue weighted by Gasteiger charge is 2.23. The average Bonchev–Trinajstić information content (AvgIpc) is 3.15. The standard InChI is InChI=1S/C15H22N4O3S/c1-22-13(20)9-19-7-6-11-12(8-19)23-15(17-11)18-14(21)16-10-4-2-3-5-10/h10H,2-9H2,1H3,(H2,16,17,18,21). The molecule has 1 fully saturated rings. The van der Waals surface area contributed by atoms with Gasteiger partial charge >= 0.3 is 12.0 Å². The largest absolute Gasteiger partial charge is 0.468 e. The van der Waals surface area contributed by atoms with Gasteiger partial charge in [0.05, 0.1) is 19.3 Å². The van der Waals surface area contributed by atoms with Crippen molar-refractivity contribution in [2.24, 2.45) is 0 Å². The molecular formula is C15H22N4O3S. The van der Waals surface area contributed by atoms with Gasteiger partial charge in [-0.25, -0.2) is 9.78 Å². The highest BCUT2D eigenvalue weighted by molar-refractivity contribution is 7.15. The summed E-state index contributed by atoms with van der Waals surface area (Å²) in [4.78, 5) is 31.0. The van der Waals surface area contributed by atoms with E-state index in [1.165, 1.54) is 31.3 Å². The summed E-state index contributed by atoms with van der Waals surface area (Å²) in [6, 6.07) is 0.120. The molecule has 8 heteroatoms. The predicted molar refractivity (Wildman–Crippen MR) is 87.5 cm³/mol. The van der Waals surface area contributed by atoms with E-state index in [-0.39, 0.29) is 12.0 Å². The van der Waals surface area contributed by atoms with Crippen molar-refractivity contribution in [3.63, 3.8) is 0 Å². The number of esters is 1.